The van der Waals surface area contributed by atoms with Gasteiger partial charge in [0.25, 0.3) is 0 Å². The fourth-order valence-electron chi connectivity index (χ4n) is 3.03. The van der Waals surface area contributed by atoms with E-state index in [-0.39, 0.29) is 11.9 Å². The van der Waals surface area contributed by atoms with Crippen molar-refractivity contribution >= 4 is 5.91 Å². The van der Waals surface area contributed by atoms with Gasteiger partial charge in [0.05, 0.1) is 5.69 Å². The maximum atomic E-state index is 12.1. The van der Waals surface area contributed by atoms with Gasteiger partial charge in [-0.3, -0.25) is 4.79 Å². The van der Waals surface area contributed by atoms with Crippen molar-refractivity contribution in [2.75, 3.05) is 7.05 Å². The first-order valence-corrected chi connectivity index (χ1v) is 8.14. The van der Waals surface area contributed by atoms with Crippen LogP contribution in [-0.4, -0.2) is 38.1 Å². The molecule has 0 aliphatic carbocycles. The van der Waals surface area contributed by atoms with E-state index in [1.165, 1.54) is 0 Å². The van der Waals surface area contributed by atoms with Gasteiger partial charge in [-0.1, -0.05) is 48.5 Å². The van der Waals surface area contributed by atoms with Gasteiger partial charge in [-0.2, -0.15) is 4.68 Å². The normalized spacial score (nSPS) is 12.0. The van der Waals surface area contributed by atoms with Crippen molar-refractivity contribution in [2.24, 2.45) is 0 Å². The lowest BCUT2D eigenvalue weighted by atomic mass is 10.0. The molecule has 0 saturated carbocycles. The van der Waals surface area contributed by atoms with E-state index in [2.05, 4.69) is 15.5 Å². The molecule has 3 aromatic rings. The van der Waals surface area contributed by atoms with E-state index in [9.17, 15) is 4.79 Å². The monoisotopic (exact) mass is 335 g/mol. The van der Waals surface area contributed by atoms with Crippen molar-refractivity contribution in [3.8, 4) is 5.69 Å². The smallest absolute Gasteiger partial charge is 0.220 e. The van der Waals surface area contributed by atoms with Crippen LogP contribution in [-0.2, 0) is 4.79 Å². The number of carbonyl (C=O) groups is 1. The number of aromatic nitrogens is 4. The highest BCUT2D eigenvalue weighted by Crippen LogP contribution is 2.29. The molecule has 0 unspecified atom stereocenters. The summed E-state index contributed by atoms with van der Waals surface area (Å²) in [5, 5.41) is 12.4. The molecule has 6 heteroatoms. The largest absolute Gasteiger partial charge is 0.332 e. The second kappa shape index (κ2) is 6.84. The van der Waals surface area contributed by atoms with Gasteiger partial charge in [-0.05, 0) is 41.0 Å². The zero-order valence-corrected chi connectivity index (χ0v) is 14.8. The van der Waals surface area contributed by atoms with Crippen LogP contribution in [0.5, 0.6) is 0 Å². The third kappa shape index (κ3) is 3.15. The Bertz CT molecular complexity index is 868. The molecular weight excluding hydrogens is 314 g/mol. The molecule has 2 aromatic carbocycles. The number of carbonyl (C=O) groups excluding carboxylic acids is 1. The molecule has 6 nitrogen and oxygen atoms in total. The fourth-order valence-corrected chi connectivity index (χ4v) is 3.03. The van der Waals surface area contributed by atoms with Crippen LogP contribution in [0.25, 0.3) is 5.69 Å². The number of rotatable bonds is 4. The number of aryl methyl sites for hydroxylation is 2. The molecule has 0 saturated heterocycles. The van der Waals surface area contributed by atoms with E-state index in [1.807, 2.05) is 62.4 Å². The number of para-hydroxylation sites is 1. The van der Waals surface area contributed by atoms with Crippen molar-refractivity contribution in [2.45, 2.75) is 26.8 Å². The summed E-state index contributed by atoms with van der Waals surface area (Å²) in [5.74, 6) is 0.561. The molecule has 25 heavy (non-hydrogen) atoms. The quantitative estimate of drug-likeness (QED) is 0.735. The number of amides is 1. The summed E-state index contributed by atoms with van der Waals surface area (Å²) >= 11 is 0. The number of benzene rings is 2. The summed E-state index contributed by atoms with van der Waals surface area (Å²) in [6, 6.07) is 15.5. The predicted molar refractivity (Wildman–Crippen MR) is 95.4 cm³/mol. The van der Waals surface area contributed by atoms with Crippen LogP contribution in [0.4, 0.5) is 0 Å². The number of hydrogen-bond donors (Lipinski definition) is 0. The molecule has 0 fully saturated rings. The minimum absolute atomic E-state index is 0.0510. The summed E-state index contributed by atoms with van der Waals surface area (Å²) in [7, 11) is 1.77. The zero-order valence-electron chi connectivity index (χ0n) is 14.8. The summed E-state index contributed by atoms with van der Waals surface area (Å²) in [4.78, 5) is 13.7. The maximum absolute atomic E-state index is 12.1. The Morgan fingerprint density at radius 1 is 1.04 bits per heavy atom. The van der Waals surface area contributed by atoms with E-state index in [0.29, 0.717) is 5.82 Å². The molecule has 128 valence electrons. The highest BCUT2D eigenvalue weighted by Gasteiger charge is 2.28. The molecule has 3 rings (SSSR count). The van der Waals surface area contributed by atoms with Gasteiger partial charge >= 0.3 is 0 Å². The van der Waals surface area contributed by atoms with Crippen LogP contribution >= 0.6 is 0 Å². The van der Waals surface area contributed by atoms with Crippen LogP contribution in [0, 0.1) is 13.8 Å². The Labute approximate surface area is 147 Å². The van der Waals surface area contributed by atoms with Crippen LogP contribution in [0.1, 0.15) is 35.5 Å². The highest BCUT2D eigenvalue weighted by molar-refractivity contribution is 5.74. The van der Waals surface area contributed by atoms with Crippen LogP contribution < -0.4 is 0 Å². The van der Waals surface area contributed by atoms with E-state index in [1.54, 1.807) is 23.6 Å². The van der Waals surface area contributed by atoms with Gasteiger partial charge in [-0.15, -0.1) is 5.10 Å². The standard InChI is InChI=1S/C19H21N5O/c1-13-9-8-10-14(2)17(13)24-19(20-21-22-24)18(23(4)15(3)25)16-11-6-5-7-12-16/h5-12,18H,1-4H3/t18-/m0/s1. The Morgan fingerprint density at radius 2 is 1.68 bits per heavy atom. The number of tetrazole rings is 1. The molecule has 1 amide bonds. The molecule has 0 bridgehead atoms. The fraction of sp³-hybridized carbons (Fsp3) is 0.263. The van der Waals surface area contributed by atoms with Gasteiger partial charge in [0.15, 0.2) is 5.82 Å². The first kappa shape index (κ1) is 16.8. The lowest BCUT2D eigenvalue weighted by molar-refractivity contribution is -0.129. The van der Waals surface area contributed by atoms with E-state index >= 15 is 0 Å². The van der Waals surface area contributed by atoms with Crippen molar-refractivity contribution in [3.05, 3.63) is 71.0 Å². The molecule has 1 atom stereocenters. The summed E-state index contributed by atoms with van der Waals surface area (Å²) < 4.78 is 1.74. The first-order valence-electron chi connectivity index (χ1n) is 8.14. The van der Waals surface area contributed by atoms with Crippen molar-refractivity contribution in [1.29, 1.82) is 0 Å². The molecule has 0 spiro atoms. The molecule has 0 N–H and O–H groups in total. The third-order valence-corrected chi connectivity index (χ3v) is 4.39. The average molecular weight is 335 g/mol. The topological polar surface area (TPSA) is 63.9 Å². The van der Waals surface area contributed by atoms with E-state index in [0.717, 1.165) is 22.4 Å². The lowest BCUT2D eigenvalue weighted by Gasteiger charge is -2.27. The second-order valence-corrected chi connectivity index (χ2v) is 6.13. The molecule has 1 heterocycles. The minimum Gasteiger partial charge on any atom is -0.332 e. The summed E-state index contributed by atoms with van der Waals surface area (Å²) in [5.41, 5.74) is 4.06. The van der Waals surface area contributed by atoms with Gasteiger partial charge < -0.3 is 4.90 Å². The molecule has 0 radical (unpaired) electrons. The summed E-state index contributed by atoms with van der Waals surface area (Å²) in [6.07, 6.45) is 0. The molecule has 0 aliphatic rings. The Morgan fingerprint density at radius 3 is 2.28 bits per heavy atom. The molecular formula is C19H21N5O. The Balaban J connectivity index is 2.20. The lowest BCUT2D eigenvalue weighted by Crippen LogP contribution is -2.32. The average Bonchev–Trinajstić information content (AvgIpc) is 3.05. The second-order valence-electron chi connectivity index (χ2n) is 6.13. The van der Waals surface area contributed by atoms with Gasteiger partial charge in [0.1, 0.15) is 6.04 Å². The number of hydrogen-bond acceptors (Lipinski definition) is 4. The number of nitrogens with zero attached hydrogens (tertiary/aromatic N) is 5. The van der Waals surface area contributed by atoms with Gasteiger partial charge in [0, 0.05) is 14.0 Å². The molecule has 0 aliphatic heterocycles. The van der Waals surface area contributed by atoms with E-state index < -0.39 is 0 Å². The Kier molecular flexibility index (Phi) is 4.61. The highest BCUT2D eigenvalue weighted by atomic mass is 16.2. The van der Waals surface area contributed by atoms with Crippen molar-refractivity contribution in [1.82, 2.24) is 25.1 Å². The summed E-state index contributed by atoms with van der Waals surface area (Å²) in [6.45, 7) is 5.60. The van der Waals surface area contributed by atoms with Crippen LogP contribution in [0.3, 0.4) is 0 Å². The van der Waals surface area contributed by atoms with E-state index in [4.69, 9.17) is 0 Å². The zero-order chi connectivity index (χ0) is 18.0. The maximum Gasteiger partial charge on any atom is 0.220 e. The SMILES string of the molecule is CC(=O)N(C)[C@@H](c1ccccc1)c1nnnn1-c1c(C)cccc1C. The van der Waals surface area contributed by atoms with Crippen molar-refractivity contribution in [3.63, 3.8) is 0 Å². The minimum atomic E-state index is -0.368. The third-order valence-electron chi connectivity index (χ3n) is 4.39. The van der Waals surface area contributed by atoms with Gasteiger partial charge in [-0.25, -0.2) is 0 Å². The van der Waals surface area contributed by atoms with Crippen molar-refractivity contribution < 1.29 is 4.79 Å². The van der Waals surface area contributed by atoms with Crippen LogP contribution in [0.2, 0.25) is 0 Å². The predicted octanol–water partition coefficient (Wildman–Crippen LogP) is 2.85. The van der Waals surface area contributed by atoms with Crippen LogP contribution in [0.15, 0.2) is 48.5 Å². The molecule has 1 aromatic heterocycles. The van der Waals surface area contributed by atoms with Gasteiger partial charge in [0.2, 0.25) is 5.91 Å². The first-order chi connectivity index (χ1) is 12.0. The Hall–Kier alpha value is -3.02.